The van der Waals surface area contributed by atoms with Crippen molar-refractivity contribution in [1.82, 2.24) is 0 Å². The summed E-state index contributed by atoms with van der Waals surface area (Å²) in [6.45, 7) is 0. The second-order valence-electron chi connectivity index (χ2n) is 1.79. The van der Waals surface area contributed by atoms with E-state index in [9.17, 15) is 0 Å². The maximum Gasteiger partial charge on any atom is 3.00 e. The summed E-state index contributed by atoms with van der Waals surface area (Å²) in [5, 5.41) is 0. The van der Waals surface area contributed by atoms with E-state index in [1.807, 2.05) is 0 Å². The first-order chi connectivity index (χ1) is 8.00. The molecule has 0 amide bonds. The molecule has 0 rings (SSSR count). The van der Waals surface area contributed by atoms with Crippen molar-refractivity contribution in [1.29, 1.82) is 0 Å². The van der Waals surface area contributed by atoms with Gasteiger partial charge < -0.3 is 77.0 Å². The Hall–Kier alpha value is 3.04. The van der Waals surface area contributed by atoms with Gasteiger partial charge in [0.05, 0.1) is 0 Å². The number of rotatable bonds is 0. The van der Waals surface area contributed by atoms with Crippen molar-refractivity contribution in [3.05, 3.63) is 0 Å². The van der Waals surface area contributed by atoms with Gasteiger partial charge in [-0.3, -0.25) is 0 Å². The third kappa shape index (κ3) is 1570. The summed E-state index contributed by atoms with van der Waals surface area (Å²) in [4.78, 5) is 103. The molecule has 0 saturated carbocycles. The molecule has 0 aliphatic rings. The van der Waals surface area contributed by atoms with Crippen molar-refractivity contribution < 1.29 is 77.0 Å². The average Bonchev–Trinajstić information content (AvgIpc) is 1.62. The molecule has 16 nitrogen and oxygen atoms in total. The van der Waals surface area contributed by atoms with Crippen molar-refractivity contribution in [2.75, 3.05) is 0 Å². The van der Waals surface area contributed by atoms with Crippen molar-refractivity contribution in [2.45, 2.75) is 0 Å². The van der Waals surface area contributed by atoms with Gasteiger partial charge in [0, 0.05) is 0 Å². The van der Waals surface area contributed by atoms with Crippen LogP contribution in [0.2, 0.25) is 0 Å². The van der Waals surface area contributed by atoms with Gasteiger partial charge in [-0.25, -0.2) is 0 Å². The number of hydrogen-bond acceptors (Lipinski definition) is 16. The van der Waals surface area contributed by atoms with E-state index >= 15 is 0 Å². The van der Waals surface area contributed by atoms with Crippen LogP contribution in [0.5, 0.6) is 0 Å². The van der Waals surface area contributed by atoms with E-state index in [0.717, 1.165) is 0 Å². The Balaban J connectivity index is -0.0000000225. The maximum absolute atomic E-state index is 8.55. The monoisotopic (exact) mass is 672 g/mol. The van der Waals surface area contributed by atoms with E-state index in [-0.39, 0.29) is 80.9 Å². The molecule has 0 bridgehead atoms. The van der Waals surface area contributed by atoms with Crippen molar-refractivity contribution in [3.63, 3.8) is 0 Å². The van der Waals surface area contributed by atoms with Crippen LogP contribution >= 0.6 is 31.3 Å². The molecule has 0 spiro atoms. The SMILES string of the molecule is O=P([O-])([O-])[O-].O=P([O-])([O-])[O-].O=P([O-])([O-])[O-].O=P([O-])([O-])[O-].[Al+3].[AsH6+3].[Ga+3].[In+3]. The van der Waals surface area contributed by atoms with Crippen LogP contribution in [0.4, 0.5) is 0 Å². The molecule has 0 aliphatic carbocycles. The molecule has 0 radical (unpaired) electrons. The van der Waals surface area contributed by atoms with Gasteiger partial charge >= 0.3 is 80.9 Å². The first-order valence-corrected chi connectivity index (χ1v) is 8.76. The van der Waals surface area contributed by atoms with Crippen LogP contribution in [0.3, 0.4) is 0 Å². The van der Waals surface area contributed by atoms with Crippen molar-refractivity contribution >= 4 is 112 Å². The Bertz CT molecular complexity index is 303. The molecule has 0 aliphatic heterocycles. The Kier molecular flexibility index (Phi) is 47.1. The summed E-state index contributed by atoms with van der Waals surface area (Å²) in [5.41, 5.74) is 0. The van der Waals surface area contributed by atoms with Crippen LogP contribution in [-0.4, -0.2) is 80.9 Å². The minimum atomic E-state index is -5.39. The van der Waals surface area contributed by atoms with E-state index in [1.165, 1.54) is 0 Å². The molecule has 0 saturated heterocycles. The Labute approximate surface area is 188 Å². The second kappa shape index (κ2) is 22.3. The minimum absolute atomic E-state index is 0. The van der Waals surface area contributed by atoms with Gasteiger partial charge in [-0.2, -0.15) is 31.3 Å². The predicted octanol–water partition coefficient (Wildman–Crippen LogP) is -14.4. The third-order valence-electron chi connectivity index (χ3n) is 0. The average molecular weight is 672 g/mol. The maximum atomic E-state index is 8.55. The molecule has 24 heavy (non-hydrogen) atoms. The second-order valence-corrected chi connectivity index (χ2v) is 5.37. The zero-order valence-corrected chi connectivity index (χ0v) is 20.5. The standard InChI is InChI=1S/Al.AsH6.Ga.In.4H3O4P/c;;;;4*1-5(2,3)4/h;1H6;;;4*(H3,1,2,3,4)/q4*+3;;;;/p-12. The normalized spacial score (nSPS) is 9.83. The van der Waals surface area contributed by atoms with E-state index in [0.29, 0.717) is 0 Å². The molecule has 24 heteroatoms. The minimum Gasteiger partial charge on any atom is 3.00 e. The molecule has 0 atom stereocenters. The van der Waals surface area contributed by atoms with Crippen LogP contribution in [0.25, 0.3) is 0 Å². The number of phosphoric acid groups is 4. The van der Waals surface area contributed by atoms with E-state index in [1.54, 1.807) is 0 Å². The molecule has 0 aromatic rings. The Morgan fingerprint density at radius 1 is 0.417 bits per heavy atom. The quantitative estimate of drug-likeness (QED) is 0.170. The van der Waals surface area contributed by atoms with E-state index in [2.05, 4.69) is 0 Å². The molecule has 0 unspecified atom stereocenters. The largest absolute Gasteiger partial charge is 3.00 e. The van der Waals surface area contributed by atoms with Gasteiger partial charge in [-0.15, -0.1) is 0 Å². The van der Waals surface area contributed by atoms with Gasteiger partial charge in [0.1, 0.15) is 0 Å². The molecular formula is H6AlAsGaInO16P4. The summed E-state index contributed by atoms with van der Waals surface area (Å²) in [6.07, 6.45) is 0. The topological polar surface area (TPSA) is 345 Å². The van der Waals surface area contributed by atoms with Gasteiger partial charge in [0.15, 0.2) is 0 Å². The van der Waals surface area contributed by atoms with E-state index < -0.39 is 31.3 Å². The molecule has 136 valence electrons. The van der Waals surface area contributed by atoms with Gasteiger partial charge in [0.25, 0.3) is 0 Å². The summed E-state index contributed by atoms with van der Waals surface area (Å²) in [5.74, 6) is 0. The van der Waals surface area contributed by atoms with Crippen LogP contribution in [0.15, 0.2) is 0 Å². The first-order valence-electron chi connectivity index (χ1n) is 2.92. The van der Waals surface area contributed by atoms with E-state index in [4.69, 9.17) is 77.0 Å². The summed E-state index contributed by atoms with van der Waals surface area (Å²) in [7, 11) is -21.6. The molecule has 0 aromatic carbocycles. The Morgan fingerprint density at radius 3 is 0.417 bits per heavy atom. The molecule has 0 fully saturated rings. The van der Waals surface area contributed by atoms with Crippen LogP contribution in [-0.2, 0) is 18.3 Å². The van der Waals surface area contributed by atoms with Crippen LogP contribution in [0.1, 0.15) is 0 Å². The fraction of sp³-hybridized carbons (Fsp3) is 0. The van der Waals surface area contributed by atoms with Gasteiger partial charge in [-0.05, 0) is 0 Å². The molecule has 0 aromatic heterocycles. The zero-order chi connectivity index (χ0) is 18.0. The van der Waals surface area contributed by atoms with Crippen LogP contribution < -0.4 is 58.7 Å². The fourth-order valence-electron chi connectivity index (χ4n) is 0. The van der Waals surface area contributed by atoms with Crippen molar-refractivity contribution in [3.8, 4) is 0 Å². The van der Waals surface area contributed by atoms with Gasteiger partial charge in [-0.1, -0.05) is 0 Å². The Morgan fingerprint density at radius 2 is 0.417 bits per heavy atom. The third-order valence-corrected chi connectivity index (χ3v) is 0. The molecule has 0 N–H and O–H groups in total. The van der Waals surface area contributed by atoms with Gasteiger partial charge in [0.2, 0.25) is 0 Å². The number of hydrogen-bond donors (Lipinski definition) is 0. The molecule has 0 heterocycles. The smallest absolute Gasteiger partial charge is 3.00 e. The summed E-state index contributed by atoms with van der Waals surface area (Å²) >= 11 is 0. The summed E-state index contributed by atoms with van der Waals surface area (Å²) in [6, 6.07) is 0. The van der Waals surface area contributed by atoms with Crippen molar-refractivity contribution in [2.24, 2.45) is 0 Å². The van der Waals surface area contributed by atoms with Crippen LogP contribution in [0, 0.1) is 0 Å². The summed E-state index contributed by atoms with van der Waals surface area (Å²) < 4.78 is 34.2. The predicted molar refractivity (Wildman–Crippen MR) is 61.8 cm³/mol. The fourth-order valence-corrected chi connectivity index (χ4v) is 0. The zero-order valence-electron chi connectivity index (χ0n) is 10.1. The first kappa shape index (κ1) is 50.6. The molecular weight excluding hydrogens is 666 g/mol.